The highest BCUT2D eigenvalue weighted by molar-refractivity contribution is 5.40. The van der Waals surface area contributed by atoms with Gasteiger partial charge in [0.1, 0.15) is 93.8 Å². The van der Waals surface area contributed by atoms with Crippen LogP contribution in [0.2, 0.25) is 0 Å². The first-order valence-corrected chi connectivity index (χ1v) is 27.2. The first-order valence-electron chi connectivity index (χ1n) is 27.2. The summed E-state index contributed by atoms with van der Waals surface area (Å²) in [6.45, 7) is 24.4. The lowest BCUT2D eigenvalue weighted by Gasteiger charge is -2.32. The Balaban J connectivity index is 0.000000124. The van der Waals surface area contributed by atoms with Gasteiger partial charge in [-0.2, -0.15) is 0 Å². The Morgan fingerprint density at radius 1 is 0.368 bits per heavy atom. The van der Waals surface area contributed by atoms with E-state index in [2.05, 4.69) is 13.8 Å². The van der Waals surface area contributed by atoms with Crippen LogP contribution in [0.4, 0.5) is 5.69 Å². The summed E-state index contributed by atoms with van der Waals surface area (Å²) in [4.78, 5) is 16.7. The van der Waals surface area contributed by atoms with Crippen molar-refractivity contribution in [2.45, 2.75) is 87.4 Å². The molecule has 0 radical (unpaired) electrons. The molecule has 1 aromatic carbocycles. The van der Waals surface area contributed by atoms with Crippen LogP contribution in [0.15, 0.2) is 30.3 Å². The molecule has 11 unspecified atom stereocenters. The van der Waals surface area contributed by atoms with Gasteiger partial charge in [0.2, 0.25) is 0 Å². The second kappa shape index (κ2) is 31.3. The van der Waals surface area contributed by atoms with Gasteiger partial charge in [-0.3, -0.25) is 4.84 Å². The maximum absolute atomic E-state index is 5.81. The minimum atomic E-state index is -0.140. The number of epoxide rings is 11. The highest BCUT2D eigenvalue weighted by Crippen LogP contribution is 2.27. The number of rotatable bonds is 43. The van der Waals surface area contributed by atoms with Gasteiger partial charge >= 0.3 is 0 Å². The molecule has 11 heterocycles. The number of hydrogen-bond acceptors (Lipinski definition) is 24. The van der Waals surface area contributed by atoms with Gasteiger partial charge < -0.3 is 90.0 Å². The van der Waals surface area contributed by atoms with Crippen LogP contribution >= 0.6 is 0 Å². The molecule has 434 valence electrons. The molecule has 11 atom stereocenters. The maximum Gasteiger partial charge on any atom is 0.125 e. The quantitative estimate of drug-likeness (QED) is 0.0509. The lowest BCUT2D eigenvalue weighted by atomic mass is 9.88. The Bertz CT molecular complexity index is 1580. The average molecular weight is 1090 g/mol. The number of hydroxylamine groups is 2. The molecule has 24 heteroatoms. The van der Waals surface area contributed by atoms with Gasteiger partial charge in [-0.15, -0.1) is 10.3 Å². The Morgan fingerprint density at radius 3 is 0.921 bits per heavy atom. The summed E-state index contributed by atoms with van der Waals surface area (Å²) in [5, 5.41) is 3.11. The minimum Gasteiger partial charge on any atom is -0.378 e. The van der Waals surface area contributed by atoms with Crippen molar-refractivity contribution in [3.8, 4) is 0 Å². The Kier molecular flexibility index (Phi) is 24.2. The summed E-state index contributed by atoms with van der Waals surface area (Å²) < 4.78 is 102. The lowest BCUT2D eigenvalue weighted by molar-refractivity contribution is -0.249. The predicted octanol–water partition coefficient (Wildman–Crippen LogP) is 1.39. The van der Waals surface area contributed by atoms with Gasteiger partial charge in [-0.1, -0.05) is 32.0 Å². The van der Waals surface area contributed by atoms with Crippen molar-refractivity contribution in [1.29, 1.82) is 0 Å². The molecule has 76 heavy (non-hydrogen) atoms. The van der Waals surface area contributed by atoms with Crippen LogP contribution in [-0.2, 0) is 105 Å². The van der Waals surface area contributed by atoms with E-state index < -0.39 is 0 Å². The van der Waals surface area contributed by atoms with Crippen LogP contribution in [0.3, 0.4) is 0 Å². The molecule has 12 rings (SSSR count). The van der Waals surface area contributed by atoms with Gasteiger partial charge in [0.25, 0.3) is 0 Å². The summed E-state index contributed by atoms with van der Waals surface area (Å²) in [5.74, 6) is 0. The second-order valence-corrected chi connectivity index (χ2v) is 21.2. The van der Waals surface area contributed by atoms with Crippen LogP contribution in [0.25, 0.3) is 0 Å². The highest BCUT2D eigenvalue weighted by Gasteiger charge is 2.36. The molecule has 11 aliphatic heterocycles. The van der Waals surface area contributed by atoms with E-state index in [1.165, 1.54) is 5.23 Å². The summed E-state index contributed by atoms with van der Waals surface area (Å²) in [6, 6.07) is 9.70. The number of ether oxygens (including phenoxy) is 19. The van der Waals surface area contributed by atoms with E-state index in [0.717, 1.165) is 84.8 Å². The molecular formula is C52H84N2O22. The van der Waals surface area contributed by atoms with Crippen LogP contribution in [-0.4, -0.2) is 271 Å². The Morgan fingerprint density at radius 2 is 0.632 bits per heavy atom. The van der Waals surface area contributed by atoms with Crippen molar-refractivity contribution in [3.63, 3.8) is 0 Å². The molecule has 0 aliphatic carbocycles. The molecule has 11 saturated heterocycles. The molecule has 24 nitrogen and oxygen atoms in total. The summed E-state index contributed by atoms with van der Waals surface area (Å²) in [7, 11) is 0. The number of para-hydroxylation sites is 1. The summed E-state index contributed by atoms with van der Waals surface area (Å²) >= 11 is 0. The van der Waals surface area contributed by atoms with Crippen molar-refractivity contribution in [2.75, 3.05) is 204 Å². The van der Waals surface area contributed by atoms with Crippen molar-refractivity contribution < 1.29 is 105 Å². The SMILES string of the molecule is C(OCN(COCC1CO1)OCC1CO1)C1CO1.CC(COCC1CO1)(COCC1CO1)COCC1CO1.CCC(COCC1CO1)(COCC1CO1)COCC1CO1.c1ccc(N(OCC2CO2)OCC2CO2)cc1. The lowest BCUT2D eigenvalue weighted by Crippen LogP contribution is -2.38. The minimum absolute atomic E-state index is 0.0985. The first kappa shape index (κ1) is 58.7. The number of anilines is 1. The monoisotopic (exact) mass is 1090 g/mol. The molecule has 0 bridgehead atoms. The molecule has 0 saturated carbocycles. The zero-order chi connectivity index (χ0) is 52.1. The molecule has 0 amide bonds. The fourth-order valence-electron chi connectivity index (χ4n) is 6.80. The normalized spacial score (nSPS) is 31.4. The first-order chi connectivity index (χ1) is 37.3. The second-order valence-electron chi connectivity index (χ2n) is 21.2. The van der Waals surface area contributed by atoms with E-state index in [9.17, 15) is 0 Å². The van der Waals surface area contributed by atoms with Crippen molar-refractivity contribution in [1.82, 2.24) is 5.06 Å². The zero-order valence-electron chi connectivity index (χ0n) is 44.5. The standard InChI is InChI=1S/C15H26O6.C14H24O6.C12H15NO4.C11H19NO6/c1-2-15(9-16-3-12-6-19-12,10-17-4-13-7-20-13)11-18-5-14-8-21-14;1-14(8-15-2-11-5-18-11,9-16-3-12-6-19-12)10-17-4-13-7-20-13;1-2-4-10(5-3-1)13(16-8-11-6-14-11)17-9-12-7-15-12;1(9-3-15-9)13-7-12(18-6-11-5-17-11)8-14-2-10-4-16-10/h12-14H,2-11H2,1H3;11-13H,2-10H2,1H3;1-5,11-12H,6-9H2;9-11H,1-8H2. The van der Waals surface area contributed by atoms with E-state index in [1.54, 1.807) is 5.06 Å². The van der Waals surface area contributed by atoms with Crippen molar-refractivity contribution in [3.05, 3.63) is 30.3 Å². The van der Waals surface area contributed by atoms with Crippen LogP contribution < -0.4 is 5.23 Å². The van der Waals surface area contributed by atoms with Gasteiger partial charge in [0.15, 0.2) is 0 Å². The smallest absolute Gasteiger partial charge is 0.125 e. The molecule has 0 N–H and O–H groups in total. The fourth-order valence-corrected chi connectivity index (χ4v) is 6.80. The van der Waals surface area contributed by atoms with Gasteiger partial charge in [-0.25, -0.2) is 9.68 Å². The molecule has 0 spiro atoms. The molecule has 11 aliphatic rings. The third kappa shape index (κ3) is 27.5. The van der Waals surface area contributed by atoms with E-state index >= 15 is 0 Å². The molecular weight excluding hydrogens is 1000 g/mol. The number of benzene rings is 1. The van der Waals surface area contributed by atoms with Gasteiger partial charge in [0.05, 0.1) is 177 Å². The molecule has 0 aromatic heterocycles. The van der Waals surface area contributed by atoms with E-state index in [0.29, 0.717) is 162 Å². The number of hydrogen-bond donors (Lipinski definition) is 0. The predicted molar refractivity (Wildman–Crippen MR) is 263 cm³/mol. The Labute approximate surface area is 446 Å². The summed E-state index contributed by atoms with van der Waals surface area (Å²) in [6.07, 6.45) is 3.88. The van der Waals surface area contributed by atoms with Crippen LogP contribution in [0.5, 0.6) is 0 Å². The topological polar surface area (TPSA) is 246 Å². The van der Waals surface area contributed by atoms with Crippen LogP contribution in [0, 0.1) is 10.8 Å². The third-order valence-electron chi connectivity index (χ3n) is 12.8. The largest absolute Gasteiger partial charge is 0.378 e. The van der Waals surface area contributed by atoms with E-state index in [-0.39, 0.29) is 41.3 Å². The van der Waals surface area contributed by atoms with Gasteiger partial charge in [-0.05, 0) is 18.6 Å². The molecule has 1 aromatic rings. The fraction of sp³-hybridized carbons (Fsp3) is 0.885. The highest BCUT2D eigenvalue weighted by atomic mass is 17.0. The average Bonchev–Trinajstić information content (AvgIpc) is 4.23. The zero-order valence-corrected chi connectivity index (χ0v) is 44.5. The van der Waals surface area contributed by atoms with Crippen molar-refractivity contribution >= 4 is 5.69 Å². The van der Waals surface area contributed by atoms with Crippen LogP contribution in [0.1, 0.15) is 20.3 Å². The van der Waals surface area contributed by atoms with E-state index in [4.69, 9.17) is 105 Å². The van der Waals surface area contributed by atoms with Gasteiger partial charge in [0, 0.05) is 10.8 Å². The molecule has 11 fully saturated rings. The maximum atomic E-state index is 5.81. The van der Waals surface area contributed by atoms with E-state index in [1.807, 2.05) is 30.3 Å². The Hall–Kier alpha value is -1.90. The third-order valence-corrected chi connectivity index (χ3v) is 12.8. The summed E-state index contributed by atoms with van der Waals surface area (Å²) in [5.41, 5.74) is 0.631. The van der Waals surface area contributed by atoms with Crippen molar-refractivity contribution in [2.24, 2.45) is 10.8 Å². The number of nitrogens with zero attached hydrogens (tertiary/aromatic N) is 2.